The molecule has 0 saturated carbocycles. The smallest absolute Gasteiger partial charge is 0.488 e. The van der Waals surface area contributed by atoms with Crippen molar-refractivity contribution in [1.82, 2.24) is 14.8 Å². The van der Waals surface area contributed by atoms with Crippen molar-refractivity contribution in [3.8, 4) is 22.9 Å². The maximum absolute atomic E-state index is 12.5. The minimum atomic E-state index is -4.84. The second-order valence-corrected chi connectivity index (χ2v) is 5.55. The first kappa shape index (κ1) is 18.4. The zero-order chi connectivity index (χ0) is 19.4. The number of benzene rings is 2. The highest BCUT2D eigenvalue weighted by Crippen LogP contribution is 2.34. The van der Waals surface area contributed by atoms with Crippen LogP contribution in [0.3, 0.4) is 0 Å². The van der Waals surface area contributed by atoms with Crippen LogP contribution in [0.5, 0.6) is 11.5 Å². The van der Waals surface area contributed by atoms with E-state index in [1.807, 2.05) is 30.3 Å². The zero-order valence-corrected chi connectivity index (χ0v) is 14.1. The van der Waals surface area contributed by atoms with Crippen LogP contribution >= 0.6 is 0 Å². The molecule has 140 valence electrons. The maximum Gasteiger partial charge on any atom is 0.573 e. The van der Waals surface area contributed by atoms with Gasteiger partial charge in [0.05, 0.1) is 5.56 Å². The predicted octanol–water partition coefficient (Wildman–Crippen LogP) is 3.32. The molecule has 3 rings (SSSR count). The Kier molecular flexibility index (Phi) is 5.11. The van der Waals surface area contributed by atoms with Gasteiger partial charge >= 0.3 is 6.36 Å². The van der Waals surface area contributed by atoms with Gasteiger partial charge in [0.15, 0.2) is 5.82 Å². The quantitative estimate of drug-likeness (QED) is 0.683. The van der Waals surface area contributed by atoms with E-state index in [0.717, 1.165) is 23.9 Å². The number of hydrogen-bond acceptors (Lipinski definition) is 5. The second kappa shape index (κ2) is 7.48. The van der Waals surface area contributed by atoms with E-state index >= 15 is 0 Å². The molecule has 3 aromatic rings. The van der Waals surface area contributed by atoms with Crippen molar-refractivity contribution in [2.24, 2.45) is 7.05 Å². The number of rotatable bonds is 5. The van der Waals surface area contributed by atoms with Gasteiger partial charge < -0.3 is 9.47 Å². The second-order valence-electron chi connectivity index (χ2n) is 5.55. The van der Waals surface area contributed by atoms with Crippen molar-refractivity contribution >= 4 is 0 Å². The first-order valence-corrected chi connectivity index (χ1v) is 7.79. The van der Waals surface area contributed by atoms with Crippen LogP contribution in [0.25, 0.3) is 11.4 Å². The summed E-state index contributed by atoms with van der Waals surface area (Å²) in [5, 5.41) is 7.51. The monoisotopic (exact) mass is 377 g/mol. The fraction of sp³-hybridized carbons (Fsp3) is 0.167. The van der Waals surface area contributed by atoms with E-state index in [1.165, 1.54) is 17.7 Å². The molecular weight excluding hydrogens is 363 g/mol. The normalized spacial score (nSPS) is 11.3. The lowest BCUT2D eigenvalue weighted by Gasteiger charge is -2.15. The molecule has 0 aliphatic rings. The van der Waals surface area contributed by atoms with Gasteiger partial charge in [0.2, 0.25) is 0 Å². The van der Waals surface area contributed by atoms with Crippen molar-refractivity contribution in [3.05, 3.63) is 70.6 Å². The molecule has 0 N–H and O–H groups in total. The van der Waals surface area contributed by atoms with E-state index in [1.54, 1.807) is 0 Å². The van der Waals surface area contributed by atoms with Crippen molar-refractivity contribution in [2.75, 3.05) is 0 Å². The maximum atomic E-state index is 12.5. The Bertz CT molecular complexity index is 988. The third-order valence-electron chi connectivity index (χ3n) is 3.63. The topological polar surface area (TPSA) is 66.2 Å². The van der Waals surface area contributed by atoms with E-state index in [-0.39, 0.29) is 18.2 Å². The Labute approximate surface area is 151 Å². The molecule has 9 heteroatoms. The van der Waals surface area contributed by atoms with Crippen molar-refractivity contribution in [1.29, 1.82) is 0 Å². The summed E-state index contributed by atoms with van der Waals surface area (Å²) in [7, 11) is 1.48. The third-order valence-corrected chi connectivity index (χ3v) is 3.63. The SMILES string of the molecule is Cn1c(-c2ccc(OC(F)(F)F)cc2OCc2ccccc2)nncc1=O. The lowest BCUT2D eigenvalue weighted by Crippen LogP contribution is -2.20. The van der Waals surface area contributed by atoms with Crippen molar-refractivity contribution in [2.45, 2.75) is 13.0 Å². The summed E-state index contributed by atoms with van der Waals surface area (Å²) >= 11 is 0. The Morgan fingerprint density at radius 1 is 1.11 bits per heavy atom. The molecule has 0 spiro atoms. The van der Waals surface area contributed by atoms with Gasteiger partial charge in [-0.3, -0.25) is 9.36 Å². The van der Waals surface area contributed by atoms with Crippen LogP contribution in [0.15, 0.2) is 59.5 Å². The highest BCUT2D eigenvalue weighted by atomic mass is 19.4. The van der Waals surface area contributed by atoms with Crippen LogP contribution in [-0.2, 0) is 13.7 Å². The molecular formula is C18H14F3N3O3. The average molecular weight is 377 g/mol. The molecule has 0 fully saturated rings. The number of aromatic nitrogens is 3. The minimum absolute atomic E-state index is 0.0797. The summed E-state index contributed by atoms with van der Waals surface area (Å²) in [5.41, 5.74) is 0.719. The van der Waals surface area contributed by atoms with Gasteiger partial charge in [-0.25, -0.2) is 0 Å². The third kappa shape index (κ3) is 4.63. The first-order chi connectivity index (χ1) is 12.8. The summed E-state index contributed by atoms with van der Waals surface area (Å²) in [5.74, 6) is -0.205. The van der Waals surface area contributed by atoms with Crippen molar-refractivity contribution < 1.29 is 22.6 Å². The van der Waals surface area contributed by atoms with Gasteiger partial charge in [0.25, 0.3) is 5.56 Å². The molecule has 0 radical (unpaired) electrons. The number of nitrogens with zero attached hydrogens (tertiary/aromatic N) is 3. The Balaban J connectivity index is 2.01. The summed E-state index contributed by atoms with van der Waals surface area (Å²) in [6, 6.07) is 12.7. The number of ether oxygens (including phenoxy) is 2. The minimum Gasteiger partial charge on any atom is -0.488 e. The molecule has 6 nitrogen and oxygen atoms in total. The summed E-state index contributed by atoms with van der Waals surface area (Å²) < 4.78 is 48.5. The van der Waals surface area contributed by atoms with Gasteiger partial charge in [0, 0.05) is 13.1 Å². The molecule has 0 amide bonds. The van der Waals surface area contributed by atoms with Gasteiger partial charge in [-0.05, 0) is 17.7 Å². The lowest BCUT2D eigenvalue weighted by atomic mass is 10.1. The number of hydrogen-bond donors (Lipinski definition) is 0. The fourth-order valence-electron chi connectivity index (χ4n) is 2.36. The molecule has 27 heavy (non-hydrogen) atoms. The highest BCUT2D eigenvalue weighted by molar-refractivity contribution is 5.65. The van der Waals surface area contributed by atoms with Crippen LogP contribution in [0.4, 0.5) is 13.2 Å². The van der Waals surface area contributed by atoms with E-state index in [9.17, 15) is 18.0 Å². The fourth-order valence-corrected chi connectivity index (χ4v) is 2.36. The summed E-state index contributed by atoms with van der Waals surface area (Å²) in [6.45, 7) is 0.109. The van der Waals surface area contributed by atoms with Gasteiger partial charge in [0.1, 0.15) is 24.3 Å². The molecule has 0 bridgehead atoms. The molecule has 1 aromatic heterocycles. The van der Waals surface area contributed by atoms with Crippen LogP contribution < -0.4 is 15.0 Å². The molecule has 0 atom stereocenters. The number of halogens is 3. The highest BCUT2D eigenvalue weighted by Gasteiger charge is 2.31. The van der Waals surface area contributed by atoms with E-state index in [0.29, 0.717) is 5.56 Å². The predicted molar refractivity (Wildman–Crippen MR) is 90.2 cm³/mol. The summed E-state index contributed by atoms with van der Waals surface area (Å²) in [6.07, 6.45) is -3.80. The van der Waals surface area contributed by atoms with Crippen LogP contribution in [0.1, 0.15) is 5.56 Å². The zero-order valence-electron chi connectivity index (χ0n) is 14.1. The van der Waals surface area contributed by atoms with Gasteiger partial charge in [-0.15, -0.1) is 18.3 Å². The first-order valence-electron chi connectivity index (χ1n) is 7.79. The van der Waals surface area contributed by atoms with Gasteiger partial charge in [-0.1, -0.05) is 30.3 Å². The molecule has 0 aliphatic carbocycles. The molecule has 2 aromatic carbocycles. The van der Waals surface area contributed by atoms with Crippen LogP contribution in [-0.4, -0.2) is 21.1 Å². The Hall–Kier alpha value is -3.36. The largest absolute Gasteiger partial charge is 0.573 e. The Morgan fingerprint density at radius 2 is 1.85 bits per heavy atom. The molecule has 0 unspecified atom stereocenters. The molecule has 1 heterocycles. The van der Waals surface area contributed by atoms with E-state index < -0.39 is 17.7 Å². The molecule has 0 saturated heterocycles. The number of alkyl halides is 3. The van der Waals surface area contributed by atoms with E-state index in [2.05, 4.69) is 14.9 Å². The van der Waals surface area contributed by atoms with Gasteiger partial charge in [-0.2, -0.15) is 5.10 Å². The van der Waals surface area contributed by atoms with E-state index in [4.69, 9.17) is 4.74 Å². The van der Waals surface area contributed by atoms with Crippen LogP contribution in [0.2, 0.25) is 0 Å². The van der Waals surface area contributed by atoms with Crippen LogP contribution in [0, 0.1) is 0 Å². The van der Waals surface area contributed by atoms with Crippen molar-refractivity contribution in [3.63, 3.8) is 0 Å². The molecule has 0 aliphatic heterocycles. The Morgan fingerprint density at radius 3 is 2.56 bits per heavy atom. The lowest BCUT2D eigenvalue weighted by molar-refractivity contribution is -0.274. The standard InChI is InChI=1S/C18H14F3N3O3/c1-24-16(25)10-22-23-17(24)14-8-7-13(27-18(19,20)21)9-15(14)26-11-12-5-3-2-4-6-12/h2-10H,11H2,1H3. The summed E-state index contributed by atoms with van der Waals surface area (Å²) in [4.78, 5) is 11.8. The average Bonchev–Trinajstić information content (AvgIpc) is 2.62.